The summed E-state index contributed by atoms with van der Waals surface area (Å²) in [7, 11) is 0. The first-order valence-corrected chi connectivity index (χ1v) is 12.5. The van der Waals surface area contributed by atoms with Crippen molar-refractivity contribution in [2.45, 2.75) is 30.4 Å². The summed E-state index contributed by atoms with van der Waals surface area (Å²) in [6, 6.07) is 14.3. The molecule has 0 saturated carbocycles. The van der Waals surface area contributed by atoms with Crippen LogP contribution in [0.2, 0.25) is 0 Å². The summed E-state index contributed by atoms with van der Waals surface area (Å²) in [6.07, 6.45) is 0.828. The fourth-order valence-corrected chi connectivity index (χ4v) is 5.67. The van der Waals surface area contributed by atoms with Gasteiger partial charge in [0.1, 0.15) is 5.82 Å². The summed E-state index contributed by atoms with van der Waals surface area (Å²) in [5.74, 6) is 0.172. The van der Waals surface area contributed by atoms with Crippen LogP contribution in [0.15, 0.2) is 58.3 Å². The number of thiazole rings is 1. The van der Waals surface area contributed by atoms with Gasteiger partial charge in [0.05, 0.1) is 17.1 Å². The van der Waals surface area contributed by atoms with Gasteiger partial charge in [-0.1, -0.05) is 60.4 Å². The van der Waals surface area contributed by atoms with Crippen molar-refractivity contribution in [3.05, 3.63) is 71.0 Å². The first-order chi connectivity index (χ1) is 15.5. The van der Waals surface area contributed by atoms with E-state index in [9.17, 15) is 9.18 Å². The number of benzene rings is 2. The molecule has 4 rings (SSSR count). The minimum atomic E-state index is -0.341. The molecule has 1 N–H and O–H groups in total. The number of aryl methyl sites for hydroxylation is 1. The summed E-state index contributed by atoms with van der Waals surface area (Å²) in [5, 5.41) is 14.3. The molecule has 2 aromatic heterocycles. The first kappa shape index (κ1) is 22.4. The number of carbonyl (C=O) groups excluding carboxylic acids is 1. The Morgan fingerprint density at radius 3 is 2.72 bits per heavy atom. The van der Waals surface area contributed by atoms with Crippen molar-refractivity contribution in [2.75, 3.05) is 10.2 Å². The maximum Gasteiger partial charge on any atom is 0.230 e. The summed E-state index contributed by atoms with van der Waals surface area (Å²) in [5.41, 5.74) is 3.18. The number of nitrogens with one attached hydrogen (secondary N) is 1. The largest absolute Gasteiger partial charge is 0.328 e. The van der Waals surface area contributed by atoms with E-state index in [4.69, 9.17) is 0 Å². The van der Waals surface area contributed by atoms with Gasteiger partial charge < -0.3 is 5.32 Å². The zero-order valence-electron chi connectivity index (χ0n) is 17.4. The Bertz CT molecular complexity index is 1230. The van der Waals surface area contributed by atoms with E-state index in [0.29, 0.717) is 21.7 Å². The molecule has 164 valence electrons. The van der Waals surface area contributed by atoms with Gasteiger partial charge >= 0.3 is 0 Å². The van der Waals surface area contributed by atoms with E-state index in [1.165, 1.54) is 40.5 Å². The van der Waals surface area contributed by atoms with Crippen LogP contribution in [0.25, 0.3) is 0 Å². The summed E-state index contributed by atoms with van der Waals surface area (Å²) in [4.78, 5) is 18.8. The van der Waals surface area contributed by atoms with Gasteiger partial charge in [-0.3, -0.25) is 9.69 Å². The molecule has 2 heterocycles. The lowest BCUT2D eigenvalue weighted by molar-refractivity contribution is -0.115. The summed E-state index contributed by atoms with van der Waals surface area (Å²) < 4.78 is 14.5. The molecule has 0 atom stereocenters. The summed E-state index contributed by atoms with van der Waals surface area (Å²) in [6.45, 7) is 3.62. The van der Waals surface area contributed by atoms with Gasteiger partial charge in [0, 0.05) is 18.1 Å². The van der Waals surface area contributed by atoms with Crippen LogP contribution in [0, 0.1) is 5.82 Å². The van der Waals surface area contributed by atoms with Crippen LogP contribution in [-0.2, 0) is 17.0 Å². The molecule has 0 aliphatic carbocycles. The zero-order chi connectivity index (χ0) is 22.5. The molecule has 0 fully saturated rings. The van der Waals surface area contributed by atoms with Gasteiger partial charge in [0.15, 0.2) is 9.47 Å². The highest BCUT2D eigenvalue weighted by Crippen LogP contribution is 2.34. The van der Waals surface area contributed by atoms with Crippen molar-refractivity contribution >= 4 is 62.0 Å². The SMILES string of the molecule is CCc1ccccc1N(C(C)=O)c1nc(CSc2nnc(Nc3ccccc3F)s2)cs1. The van der Waals surface area contributed by atoms with Crippen molar-refractivity contribution in [3.63, 3.8) is 0 Å². The Balaban J connectivity index is 1.44. The van der Waals surface area contributed by atoms with E-state index in [2.05, 4.69) is 27.4 Å². The van der Waals surface area contributed by atoms with Gasteiger partial charge in [-0.2, -0.15) is 0 Å². The van der Waals surface area contributed by atoms with E-state index in [1.54, 1.807) is 30.0 Å². The number of nitrogens with zero attached hydrogens (tertiary/aromatic N) is 4. The van der Waals surface area contributed by atoms with Gasteiger partial charge in [0.25, 0.3) is 0 Å². The molecule has 4 aromatic rings. The van der Waals surface area contributed by atoms with Gasteiger partial charge in [-0.15, -0.1) is 21.5 Å². The lowest BCUT2D eigenvalue weighted by atomic mass is 10.1. The zero-order valence-corrected chi connectivity index (χ0v) is 19.9. The second-order valence-electron chi connectivity index (χ2n) is 6.72. The van der Waals surface area contributed by atoms with Crippen molar-refractivity contribution in [3.8, 4) is 0 Å². The maximum atomic E-state index is 13.8. The van der Waals surface area contributed by atoms with Crippen LogP contribution in [0.5, 0.6) is 0 Å². The monoisotopic (exact) mass is 485 g/mol. The van der Waals surface area contributed by atoms with Crippen molar-refractivity contribution in [1.29, 1.82) is 0 Å². The topological polar surface area (TPSA) is 71.0 Å². The Kier molecular flexibility index (Phi) is 7.13. The van der Waals surface area contributed by atoms with Crippen LogP contribution >= 0.6 is 34.4 Å². The maximum absolute atomic E-state index is 13.8. The molecule has 2 aromatic carbocycles. The number of para-hydroxylation sites is 2. The average Bonchev–Trinajstić information content (AvgIpc) is 3.44. The predicted octanol–water partition coefficient (Wildman–Crippen LogP) is 6.42. The Hall–Kier alpha value is -2.82. The molecular weight excluding hydrogens is 465 g/mol. The van der Waals surface area contributed by atoms with Gasteiger partial charge in [-0.25, -0.2) is 9.37 Å². The smallest absolute Gasteiger partial charge is 0.230 e. The number of carbonyl (C=O) groups is 1. The lowest BCUT2D eigenvalue weighted by Crippen LogP contribution is -2.23. The number of rotatable bonds is 8. The minimum Gasteiger partial charge on any atom is -0.328 e. The Morgan fingerprint density at radius 2 is 1.94 bits per heavy atom. The quantitative estimate of drug-likeness (QED) is 0.291. The molecule has 10 heteroatoms. The van der Waals surface area contributed by atoms with E-state index < -0.39 is 0 Å². The summed E-state index contributed by atoms with van der Waals surface area (Å²) >= 11 is 4.29. The predicted molar refractivity (Wildman–Crippen MR) is 130 cm³/mol. The molecule has 0 spiro atoms. The second kappa shape index (κ2) is 10.2. The van der Waals surface area contributed by atoms with E-state index in [0.717, 1.165) is 27.7 Å². The molecule has 0 aliphatic rings. The van der Waals surface area contributed by atoms with Crippen LogP contribution in [0.4, 0.5) is 26.0 Å². The standard InChI is InChI=1S/C22H20FN5OS3/c1-3-15-8-4-7-11-19(15)28(14(2)29)21-24-16(12-30-21)13-31-22-27-26-20(32-22)25-18-10-6-5-9-17(18)23/h4-12H,3,13H2,1-2H3,(H,25,26). The molecule has 0 bridgehead atoms. The number of anilines is 4. The van der Waals surface area contributed by atoms with Crippen LogP contribution in [0.3, 0.4) is 0 Å². The minimum absolute atomic E-state index is 0.0764. The van der Waals surface area contributed by atoms with Crippen LogP contribution in [0.1, 0.15) is 25.1 Å². The third-order valence-electron chi connectivity index (χ3n) is 4.52. The number of hydrogen-bond donors (Lipinski definition) is 1. The molecule has 32 heavy (non-hydrogen) atoms. The highest BCUT2D eigenvalue weighted by molar-refractivity contribution is 8.00. The third kappa shape index (κ3) is 5.14. The molecule has 1 amide bonds. The van der Waals surface area contributed by atoms with E-state index >= 15 is 0 Å². The second-order valence-corrected chi connectivity index (χ2v) is 9.76. The number of hydrogen-bond acceptors (Lipinski definition) is 8. The molecule has 0 aliphatic heterocycles. The Morgan fingerprint density at radius 1 is 1.16 bits per heavy atom. The van der Waals surface area contributed by atoms with Gasteiger partial charge in [0.2, 0.25) is 11.0 Å². The van der Waals surface area contributed by atoms with Crippen LogP contribution < -0.4 is 10.2 Å². The number of halogens is 1. The fraction of sp³-hybridized carbons (Fsp3) is 0.182. The van der Waals surface area contributed by atoms with Crippen molar-refractivity contribution in [2.24, 2.45) is 0 Å². The first-order valence-electron chi connectivity index (χ1n) is 9.86. The fourth-order valence-electron chi connectivity index (χ4n) is 3.03. The molecule has 0 saturated heterocycles. The molecular formula is C22H20FN5OS3. The number of amides is 1. The van der Waals surface area contributed by atoms with E-state index in [-0.39, 0.29) is 11.7 Å². The van der Waals surface area contributed by atoms with E-state index in [1.807, 2.05) is 29.6 Å². The average molecular weight is 486 g/mol. The lowest BCUT2D eigenvalue weighted by Gasteiger charge is -2.20. The molecule has 6 nitrogen and oxygen atoms in total. The third-order valence-corrected chi connectivity index (χ3v) is 7.40. The number of aromatic nitrogens is 3. The normalized spacial score (nSPS) is 10.8. The highest BCUT2D eigenvalue weighted by Gasteiger charge is 2.20. The Labute approximate surface area is 197 Å². The van der Waals surface area contributed by atoms with Gasteiger partial charge in [-0.05, 0) is 30.2 Å². The highest BCUT2D eigenvalue weighted by atomic mass is 32.2. The number of thioether (sulfide) groups is 1. The van der Waals surface area contributed by atoms with Crippen molar-refractivity contribution < 1.29 is 9.18 Å². The molecule has 0 radical (unpaired) electrons. The van der Waals surface area contributed by atoms with Crippen LogP contribution in [-0.4, -0.2) is 21.1 Å². The molecule has 0 unspecified atom stereocenters. The van der Waals surface area contributed by atoms with Crippen molar-refractivity contribution in [1.82, 2.24) is 15.2 Å².